The number of aromatic nitrogens is 2. The Bertz CT molecular complexity index is 960. The molecular formula is C18H13F6N3OS. The zero-order valence-corrected chi connectivity index (χ0v) is 15.3. The van der Waals surface area contributed by atoms with Crippen LogP contribution in [0.1, 0.15) is 27.2 Å². The predicted molar refractivity (Wildman–Crippen MR) is 94.4 cm³/mol. The summed E-state index contributed by atoms with van der Waals surface area (Å²) in [5.41, 5.74) is -2.42. The average Bonchev–Trinajstić information content (AvgIpc) is 3.31. The molecule has 1 amide bonds. The topological polar surface area (TPSA) is 57.8 Å². The molecule has 4 nitrogen and oxygen atoms in total. The van der Waals surface area contributed by atoms with Crippen LogP contribution in [0.4, 0.5) is 26.3 Å². The number of halogens is 6. The molecule has 0 unspecified atom stereocenters. The van der Waals surface area contributed by atoms with Gasteiger partial charge in [0.25, 0.3) is 5.91 Å². The van der Waals surface area contributed by atoms with E-state index >= 15 is 0 Å². The highest BCUT2D eigenvalue weighted by Crippen LogP contribution is 2.36. The van der Waals surface area contributed by atoms with Crippen molar-refractivity contribution in [2.45, 2.75) is 18.8 Å². The summed E-state index contributed by atoms with van der Waals surface area (Å²) in [5, 5.41) is 4.21. The molecule has 3 aromatic rings. The van der Waals surface area contributed by atoms with E-state index in [1.807, 2.05) is 17.5 Å². The molecule has 1 aromatic carbocycles. The van der Waals surface area contributed by atoms with E-state index in [2.05, 4.69) is 15.3 Å². The first kappa shape index (κ1) is 20.9. The Labute approximate surface area is 164 Å². The van der Waals surface area contributed by atoms with Crippen molar-refractivity contribution in [3.8, 4) is 10.6 Å². The lowest BCUT2D eigenvalue weighted by molar-refractivity contribution is -0.143. The fourth-order valence-electron chi connectivity index (χ4n) is 2.63. The number of alkyl halides is 6. The van der Waals surface area contributed by atoms with Crippen molar-refractivity contribution in [1.82, 2.24) is 15.3 Å². The summed E-state index contributed by atoms with van der Waals surface area (Å²) in [5.74, 6) is -1.03. The van der Waals surface area contributed by atoms with Crippen molar-refractivity contribution < 1.29 is 31.1 Å². The third-order valence-corrected chi connectivity index (χ3v) is 4.86. The average molecular weight is 433 g/mol. The van der Waals surface area contributed by atoms with Crippen molar-refractivity contribution >= 4 is 17.2 Å². The van der Waals surface area contributed by atoms with E-state index < -0.39 is 35.0 Å². The van der Waals surface area contributed by atoms with Gasteiger partial charge in [-0.3, -0.25) is 4.79 Å². The Morgan fingerprint density at radius 3 is 2.28 bits per heavy atom. The third kappa shape index (κ3) is 4.97. The van der Waals surface area contributed by atoms with Gasteiger partial charge in [0.15, 0.2) is 0 Å². The van der Waals surface area contributed by atoms with Crippen LogP contribution in [0.2, 0.25) is 0 Å². The maximum atomic E-state index is 12.9. The normalized spacial score (nSPS) is 12.2. The minimum Gasteiger partial charge on any atom is -0.352 e. The molecule has 3 rings (SSSR count). The maximum Gasteiger partial charge on any atom is 0.416 e. The van der Waals surface area contributed by atoms with Gasteiger partial charge in [0.1, 0.15) is 5.69 Å². The highest BCUT2D eigenvalue weighted by atomic mass is 32.1. The van der Waals surface area contributed by atoms with E-state index in [9.17, 15) is 31.1 Å². The number of hydrogen-bond donors (Lipinski definition) is 2. The Balaban J connectivity index is 1.74. The highest BCUT2D eigenvalue weighted by molar-refractivity contribution is 7.13. The van der Waals surface area contributed by atoms with Crippen molar-refractivity contribution in [1.29, 1.82) is 0 Å². The van der Waals surface area contributed by atoms with Crippen LogP contribution in [-0.2, 0) is 18.8 Å². The van der Waals surface area contributed by atoms with E-state index in [4.69, 9.17) is 0 Å². The Morgan fingerprint density at radius 1 is 1.07 bits per heavy atom. The lowest BCUT2D eigenvalue weighted by Crippen LogP contribution is -2.27. The monoisotopic (exact) mass is 433 g/mol. The molecule has 29 heavy (non-hydrogen) atoms. The summed E-state index contributed by atoms with van der Waals surface area (Å²) in [6, 6.07) is 4.47. The number of nitrogens with one attached hydrogen (secondary N) is 2. The molecule has 11 heteroatoms. The molecule has 0 saturated carbocycles. The number of hydrogen-bond acceptors (Lipinski definition) is 3. The number of aromatic amines is 1. The van der Waals surface area contributed by atoms with Gasteiger partial charge in [-0.1, -0.05) is 6.07 Å². The molecule has 0 radical (unpaired) electrons. The van der Waals surface area contributed by atoms with Gasteiger partial charge in [0.2, 0.25) is 0 Å². The summed E-state index contributed by atoms with van der Waals surface area (Å²) in [6.07, 6.45) is -8.29. The van der Waals surface area contributed by atoms with Gasteiger partial charge >= 0.3 is 12.4 Å². The first-order valence-corrected chi connectivity index (χ1v) is 9.07. The summed E-state index contributed by atoms with van der Waals surface area (Å²) >= 11 is 1.46. The molecule has 2 heterocycles. The zero-order valence-electron chi connectivity index (χ0n) is 14.5. The van der Waals surface area contributed by atoms with Gasteiger partial charge in [0, 0.05) is 24.2 Å². The second kappa shape index (κ2) is 7.90. The molecular weight excluding hydrogens is 420 g/mol. The molecule has 0 saturated heterocycles. The van der Waals surface area contributed by atoms with Gasteiger partial charge < -0.3 is 10.3 Å². The van der Waals surface area contributed by atoms with Gasteiger partial charge in [0.05, 0.1) is 22.3 Å². The maximum absolute atomic E-state index is 12.9. The second-order valence-corrected chi connectivity index (χ2v) is 6.96. The standard InChI is InChI=1S/C18H13F6N3OS/c19-17(20,21)11-6-10(7-12(8-11)18(22,23)24)16(28)25-4-3-13-15(27-9-26-13)14-2-1-5-29-14/h1-2,5-9H,3-4H2,(H,25,28)(H,26,27). The second-order valence-electron chi connectivity index (χ2n) is 6.01. The smallest absolute Gasteiger partial charge is 0.352 e. The number of carbonyl (C=O) groups excluding carboxylic acids is 1. The minimum atomic E-state index is -5.01. The number of amides is 1. The van der Waals surface area contributed by atoms with Crippen LogP contribution in [0, 0.1) is 0 Å². The molecule has 2 N–H and O–H groups in total. The SMILES string of the molecule is O=C(NCCc1[nH]cnc1-c1cccs1)c1cc(C(F)(F)F)cc(C(F)(F)F)c1. The Hall–Kier alpha value is -2.82. The van der Waals surface area contributed by atoms with Gasteiger partial charge in [-0.2, -0.15) is 26.3 Å². The van der Waals surface area contributed by atoms with Crippen LogP contribution in [0.15, 0.2) is 42.0 Å². The lowest BCUT2D eigenvalue weighted by atomic mass is 10.0. The van der Waals surface area contributed by atoms with E-state index in [-0.39, 0.29) is 19.0 Å². The van der Waals surface area contributed by atoms with Gasteiger partial charge in [-0.15, -0.1) is 11.3 Å². The number of rotatable bonds is 5. The number of thiophene rings is 1. The molecule has 0 bridgehead atoms. The van der Waals surface area contributed by atoms with Crippen molar-refractivity contribution in [3.05, 3.63) is 64.4 Å². The number of nitrogens with zero attached hydrogens (tertiary/aromatic N) is 1. The molecule has 0 aliphatic heterocycles. The molecule has 2 aromatic heterocycles. The quantitative estimate of drug-likeness (QED) is 0.547. The highest BCUT2D eigenvalue weighted by Gasteiger charge is 2.37. The lowest BCUT2D eigenvalue weighted by Gasteiger charge is -2.14. The van der Waals surface area contributed by atoms with E-state index in [0.29, 0.717) is 23.5 Å². The Morgan fingerprint density at radius 2 is 1.72 bits per heavy atom. The van der Waals surface area contributed by atoms with Crippen LogP contribution in [0.25, 0.3) is 10.6 Å². The fraction of sp³-hybridized carbons (Fsp3) is 0.222. The van der Waals surface area contributed by atoms with Crippen molar-refractivity contribution in [2.75, 3.05) is 6.54 Å². The molecule has 0 aliphatic carbocycles. The van der Waals surface area contributed by atoms with Crippen molar-refractivity contribution in [2.24, 2.45) is 0 Å². The van der Waals surface area contributed by atoms with Crippen LogP contribution in [-0.4, -0.2) is 22.4 Å². The van der Waals surface area contributed by atoms with E-state index in [0.717, 1.165) is 4.88 Å². The molecule has 154 valence electrons. The third-order valence-electron chi connectivity index (χ3n) is 3.98. The molecule has 0 atom stereocenters. The van der Waals surface area contributed by atoms with E-state index in [1.54, 1.807) is 0 Å². The number of H-pyrrole nitrogens is 1. The Kier molecular flexibility index (Phi) is 5.69. The van der Waals surface area contributed by atoms with Crippen LogP contribution < -0.4 is 5.32 Å². The van der Waals surface area contributed by atoms with Gasteiger partial charge in [-0.25, -0.2) is 4.98 Å². The summed E-state index contributed by atoms with van der Waals surface area (Å²) in [6.45, 7) is -0.00298. The number of carbonyl (C=O) groups is 1. The fourth-order valence-corrected chi connectivity index (χ4v) is 3.37. The largest absolute Gasteiger partial charge is 0.416 e. The first-order valence-electron chi connectivity index (χ1n) is 8.19. The summed E-state index contributed by atoms with van der Waals surface area (Å²) in [4.78, 5) is 20.2. The summed E-state index contributed by atoms with van der Waals surface area (Å²) < 4.78 is 77.4. The molecule has 0 aliphatic rings. The van der Waals surface area contributed by atoms with Gasteiger partial charge in [-0.05, 0) is 29.6 Å². The molecule has 0 fully saturated rings. The van der Waals surface area contributed by atoms with E-state index in [1.165, 1.54) is 17.7 Å². The van der Waals surface area contributed by atoms with Crippen LogP contribution >= 0.6 is 11.3 Å². The number of benzene rings is 1. The first-order chi connectivity index (χ1) is 13.6. The zero-order chi connectivity index (χ0) is 21.2. The van der Waals surface area contributed by atoms with Crippen LogP contribution in [0.3, 0.4) is 0 Å². The van der Waals surface area contributed by atoms with Crippen LogP contribution in [0.5, 0.6) is 0 Å². The van der Waals surface area contributed by atoms with Crippen molar-refractivity contribution in [3.63, 3.8) is 0 Å². The summed E-state index contributed by atoms with van der Waals surface area (Å²) in [7, 11) is 0. The number of imidazole rings is 1. The molecule has 0 spiro atoms. The minimum absolute atomic E-state index is 0.00298. The predicted octanol–water partition coefficient (Wildman–Crippen LogP) is 5.15.